The van der Waals surface area contributed by atoms with Crippen molar-refractivity contribution < 1.29 is 13.0 Å². The number of hydrogen-bond donors (Lipinski definition) is 5. The third kappa shape index (κ3) is 5.00. The molecule has 3 rings (SSSR count). The maximum Gasteiger partial charge on any atom is 0.274 e. The van der Waals surface area contributed by atoms with E-state index in [0.717, 1.165) is 17.3 Å². The van der Waals surface area contributed by atoms with Crippen LogP contribution in [0, 0.1) is 5.41 Å². The summed E-state index contributed by atoms with van der Waals surface area (Å²) >= 11 is 3.37. The standard InChI is InChI=1S/C14H18BrN7O3S/c15-9-2-1-3-10(8-9)19-12(16)11-13(21-25-20-11)18-7-6-14(4-5-14)22-26(17,23)24/h1-3,8,22H,4-7H2,(H2,16,19)(H,18,21)(H2,17,23,24). The van der Waals surface area contributed by atoms with E-state index in [1.54, 1.807) is 0 Å². The Kier molecular flexibility index (Phi) is 5.27. The number of amidine groups is 1. The number of rotatable bonds is 8. The fraction of sp³-hybridized carbons (Fsp3) is 0.357. The highest BCUT2D eigenvalue weighted by Gasteiger charge is 2.44. The summed E-state index contributed by atoms with van der Waals surface area (Å²) in [4.78, 5) is 0. The molecule has 140 valence electrons. The molecule has 12 heteroatoms. The van der Waals surface area contributed by atoms with E-state index in [1.807, 2.05) is 24.3 Å². The van der Waals surface area contributed by atoms with Crippen LogP contribution >= 0.6 is 15.9 Å². The maximum atomic E-state index is 11.2. The molecule has 1 aromatic carbocycles. The van der Waals surface area contributed by atoms with Crippen LogP contribution in [0.5, 0.6) is 0 Å². The van der Waals surface area contributed by atoms with Gasteiger partial charge >= 0.3 is 0 Å². The lowest BCUT2D eigenvalue weighted by molar-refractivity contribution is 0.307. The van der Waals surface area contributed by atoms with Gasteiger partial charge < -0.3 is 10.6 Å². The van der Waals surface area contributed by atoms with E-state index in [9.17, 15) is 8.42 Å². The number of nitrogens with one attached hydrogen (secondary N) is 4. The fourth-order valence-electron chi connectivity index (χ4n) is 2.51. The Hall–Kier alpha value is -2.02. The summed E-state index contributed by atoms with van der Waals surface area (Å²) in [6.07, 6.45) is 1.99. The molecule has 1 fully saturated rings. The van der Waals surface area contributed by atoms with E-state index in [1.165, 1.54) is 0 Å². The van der Waals surface area contributed by atoms with Crippen molar-refractivity contribution in [1.82, 2.24) is 15.0 Å². The summed E-state index contributed by atoms with van der Waals surface area (Å²) in [5, 5.41) is 26.6. The molecule has 0 unspecified atom stereocenters. The highest BCUT2D eigenvalue weighted by Crippen LogP contribution is 2.39. The molecule has 0 aliphatic heterocycles. The normalized spacial score (nSPS) is 15.5. The Morgan fingerprint density at radius 2 is 2.15 bits per heavy atom. The molecule has 0 radical (unpaired) electrons. The molecule has 0 saturated heterocycles. The molecule has 10 nitrogen and oxygen atoms in total. The highest BCUT2D eigenvalue weighted by atomic mass is 79.9. The van der Waals surface area contributed by atoms with Crippen LogP contribution in [0.1, 0.15) is 25.0 Å². The van der Waals surface area contributed by atoms with Gasteiger partial charge in [0.1, 0.15) is 0 Å². The Labute approximate surface area is 158 Å². The number of nitrogens with two attached hydrogens (primary N) is 1. The number of halogens is 1. The lowest BCUT2D eigenvalue weighted by atomic mass is 10.2. The number of benzene rings is 1. The summed E-state index contributed by atoms with van der Waals surface area (Å²) < 4.78 is 30.4. The topological polar surface area (TPSA) is 159 Å². The fourth-order valence-corrected chi connectivity index (χ4v) is 3.82. The highest BCUT2D eigenvalue weighted by molar-refractivity contribution is 9.10. The van der Waals surface area contributed by atoms with Crippen LogP contribution < -0.4 is 20.5 Å². The zero-order chi connectivity index (χ0) is 18.8. The van der Waals surface area contributed by atoms with E-state index >= 15 is 0 Å². The van der Waals surface area contributed by atoms with Gasteiger partial charge in [0.25, 0.3) is 10.2 Å². The SMILES string of the molecule is N=C(Nc1cccc(Br)c1)c1nonc1NCCC1(NS(N)(=O)=O)CC1. The summed E-state index contributed by atoms with van der Waals surface area (Å²) in [7, 11) is -3.74. The van der Waals surface area contributed by atoms with Crippen molar-refractivity contribution in [2.45, 2.75) is 24.8 Å². The first-order chi connectivity index (χ1) is 12.3. The van der Waals surface area contributed by atoms with Crippen molar-refractivity contribution in [3.05, 3.63) is 34.4 Å². The van der Waals surface area contributed by atoms with Gasteiger partial charge in [-0.25, -0.2) is 9.77 Å². The van der Waals surface area contributed by atoms with Crippen molar-refractivity contribution >= 4 is 43.5 Å². The average Bonchev–Trinajstić information content (AvgIpc) is 3.10. The van der Waals surface area contributed by atoms with Gasteiger partial charge in [-0.1, -0.05) is 22.0 Å². The molecule has 26 heavy (non-hydrogen) atoms. The first-order valence-electron chi connectivity index (χ1n) is 7.76. The molecule has 1 saturated carbocycles. The second-order valence-corrected chi connectivity index (χ2v) is 8.29. The molecule has 6 N–H and O–H groups in total. The molecular weight excluding hydrogens is 426 g/mol. The van der Waals surface area contributed by atoms with Crippen LogP contribution in [0.25, 0.3) is 0 Å². The second-order valence-electron chi connectivity index (χ2n) is 6.08. The zero-order valence-corrected chi connectivity index (χ0v) is 16.0. The van der Waals surface area contributed by atoms with E-state index in [2.05, 4.69) is 41.6 Å². The Morgan fingerprint density at radius 3 is 2.81 bits per heavy atom. The molecular formula is C14H18BrN7O3S. The predicted molar refractivity (Wildman–Crippen MR) is 100 cm³/mol. The molecule has 2 aromatic rings. The van der Waals surface area contributed by atoms with Crippen molar-refractivity contribution in [2.24, 2.45) is 5.14 Å². The van der Waals surface area contributed by atoms with Gasteiger partial charge in [-0.2, -0.15) is 13.1 Å². The Balaban J connectivity index is 1.58. The number of anilines is 2. The largest absolute Gasteiger partial charge is 0.365 e. The van der Waals surface area contributed by atoms with Crippen LogP contribution in [0.3, 0.4) is 0 Å². The van der Waals surface area contributed by atoms with E-state index in [4.69, 9.17) is 15.2 Å². The van der Waals surface area contributed by atoms with E-state index < -0.39 is 15.7 Å². The lowest BCUT2D eigenvalue weighted by Crippen LogP contribution is -2.42. The zero-order valence-electron chi connectivity index (χ0n) is 13.6. The van der Waals surface area contributed by atoms with Crippen LogP contribution in [0.2, 0.25) is 0 Å². The van der Waals surface area contributed by atoms with Crippen molar-refractivity contribution in [2.75, 3.05) is 17.2 Å². The van der Waals surface area contributed by atoms with Gasteiger partial charge in [0, 0.05) is 22.2 Å². The molecule has 1 heterocycles. The third-order valence-corrected chi connectivity index (χ3v) is 5.14. The first kappa shape index (κ1) is 18.8. The van der Waals surface area contributed by atoms with Gasteiger partial charge in [0.05, 0.1) is 0 Å². The van der Waals surface area contributed by atoms with Crippen LogP contribution in [0.4, 0.5) is 11.5 Å². The number of aromatic nitrogens is 2. The molecule has 1 aliphatic rings. The van der Waals surface area contributed by atoms with E-state index in [-0.39, 0.29) is 11.5 Å². The monoisotopic (exact) mass is 443 g/mol. The lowest BCUT2D eigenvalue weighted by Gasteiger charge is -2.15. The quantitative estimate of drug-likeness (QED) is 0.304. The van der Waals surface area contributed by atoms with Gasteiger partial charge in [-0.3, -0.25) is 5.41 Å². The van der Waals surface area contributed by atoms with Gasteiger partial charge in [-0.15, -0.1) is 0 Å². The smallest absolute Gasteiger partial charge is 0.274 e. The minimum Gasteiger partial charge on any atom is -0.365 e. The average molecular weight is 444 g/mol. The van der Waals surface area contributed by atoms with Crippen LogP contribution in [0.15, 0.2) is 33.4 Å². The Morgan fingerprint density at radius 1 is 1.38 bits per heavy atom. The number of nitrogens with zero attached hydrogens (tertiary/aromatic N) is 2. The minimum atomic E-state index is -3.74. The van der Waals surface area contributed by atoms with Crippen LogP contribution in [-0.2, 0) is 10.2 Å². The van der Waals surface area contributed by atoms with Gasteiger partial charge in [0.2, 0.25) is 5.82 Å². The molecule has 1 aliphatic carbocycles. The molecule has 0 bridgehead atoms. The second kappa shape index (κ2) is 7.31. The van der Waals surface area contributed by atoms with E-state index in [0.29, 0.717) is 24.5 Å². The molecule has 1 aromatic heterocycles. The first-order valence-corrected chi connectivity index (χ1v) is 10.1. The third-order valence-electron chi connectivity index (χ3n) is 3.93. The van der Waals surface area contributed by atoms with Crippen molar-refractivity contribution in [3.63, 3.8) is 0 Å². The summed E-state index contributed by atoms with van der Waals surface area (Å²) in [6.45, 7) is 0.425. The predicted octanol–water partition coefficient (Wildman–Crippen LogP) is 1.40. The van der Waals surface area contributed by atoms with Crippen molar-refractivity contribution in [1.29, 1.82) is 5.41 Å². The maximum absolute atomic E-state index is 11.2. The summed E-state index contributed by atoms with van der Waals surface area (Å²) in [5.74, 6) is 0.333. The summed E-state index contributed by atoms with van der Waals surface area (Å²) in [5.41, 5.74) is 0.446. The van der Waals surface area contributed by atoms with Gasteiger partial charge in [-0.05, 0) is 47.8 Å². The summed E-state index contributed by atoms with van der Waals surface area (Å²) in [6, 6.07) is 7.36. The van der Waals surface area contributed by atoms with Crippen LogP contribution in [-0.4, -0.2) is 36.7 Å². The molecule has 0 amide bonds. The Bertz CT molecular complexity index is 911. The molecule has 0 atom stereocenters. The van der Waals surface area contributed by atoms with Gasteiger partial charge in [0.15, 0.2) is 11.5 Å². The van der Waals surface area contributed by atoms with Crippen molar-refractivity contribution in [3.8, 4) is 0 Å². The number of hydrogen-bond acceptors (Lipinski definition) is 7. The molecule has 0 spiro atoms. The minimum absolute atomic E-state index is 0.0237.